The summed E-state index contributed by atoms with van der Waals surface area (Å²) in [5.41, 5.74) is 1.79. The molecule has 1 aromatic rings. The van der Waals surface area contributed by atoms with E-state index in [2.05, 4.69) is 14.9 Å². The van der Waals surface area contributed by atoms with E-state index in [1.54, 1.807) is 5.51 Å². The highest BCUT2D eigenvalue weighted by Crippen LogP contribution is 2.28. The quantitative estimate of drug-likeness (QED) is 0.791. The van der Waals surface area contributed by atoms with Crippen LogP contribution < -0.4 is 0 Å². The van der Waals surface area contributed by atoms with Gasteiger partial charge in [0.15, 0.2) is 3.95 Å². The number of nitrogens with zero attached hydrogens (tertiary/aromatic N) is 4. The third kappa shape index (κ3) is 4.14. The molecule has 2 heterocycles. The van der Waals surface area contributed by atoms with Crippen LogP contribution in [0.3, 0.4) is 0 Å². The van der Waals surface area contributed by atoms with Gasteiger partial charge in [-0.25, -0.2) is 4.68 Å². The molecule has 1 aromatic heterocycles. The third-order valence-electron chi connectivity index (χ3n) is 4.76. The number of carbonyl (C=O) groups is 1. The van der Waals surface area contributed by atoms with Crippen LogP contribution in [0.25, 0.3) is 0 Å². The molecule has 1 saturated heterocycles. The Kier molecular flexibility index (Phi) is 5.60. The van der Waals surface area contributed by atoms with Crippen LogP contribution >= 0.6 is 23.6 Å². The zero-order valence-corrected chi connectivity index (χ0v) is 14.6. The molecular weight excluding hydrogens is 316 g/mol. The highest BCUT2D eigenvalue weighted by Gasteiger charge is 2.24. The van der Waals surface area contributed by atoms with Crippen molar-refractivity contribution >= 4 is 29.5 Å². The molecule has 1 amide bonds. The van der Waals surface area contributed by atoms with Crippen molar-refractivity contribution in [1.29, 1.82) is 0 Å². The molecule has 0 unspecified atom stereocenters. The molecule has 0 aromatic carbocycles. The summed E-state index contributed by atoms with van der Waals surface area (Å²) < 4.78 is 2.69. The lowest BCUT2D eigenvalue weighted by Gasteiger charge is -2.23. The first-order chi connectivity index (χ1) is 10.7. The number of amides is 1. The Morgan fingerprint density at radius 2 is 2.05 bits per heavy atom. The van der Waals surface area contributed by atoms with Gasteiger partial charge in [-0.1, -0.05) is 24.2 Å². The largest absolute Gasteiger partial charge is 0.341 e. The molecule has 7 heteroatoms. The molecule has 0 bridgehead atoms. The fraction of sp³-hybridized carbons (Fsp3) is 0.800. The van der Waals surface area contributed by atoms with Gasteiger partial charge in [0.05, 0.1) is 6.67 Å². The second-order valence-electron chi connectivity index (χ2n) is 6.35. The molecule has 0 radical (unpaired) electrons. The van der Waals surface area contributed by atoms with E-state index in [1.165, 1.54) is 37.0 Å². The fourth-order valence-corrected chi connectivity index (χ4v) is 4.18. The topological polar surface area (TPSA) is 41.4 Å². The summed E-state index contributed by atoms with van der Waals surface area (Å²) in [6, 6.07) is 0. The van der Waals surface area contributed by atoms with Gasteiger partial charge in [-0.2, -0.15) is 5.10 Å². The lowest BCUT2D eigenvalue weighted by molar-refractivity contribution is -0.132. The van der Waals surface area contributed by atoms with Gasteiger partial charge in [0.25, 0.3) is 0 Å². The molecule has 3 rings (SSSR count). The SMILES string of the molecule is O=C(CC1CCCC1)N1CCCN(Cn2ncsc2=S)CC1. The number of aromatic nitrogens is 2. The Labute approximate surface area is 140 Å². The van der Waals surface area contributed by atoms with Crippen molar-refractivity contribution in [3.8, 4) is 0 Å². The van der Waals surface area contributed by atoms with Gasteiger partial charge < -0.3 is 4.90 Å². The van der Waals surface area contributed by atoms with Gasteiger partial charge in [-0.05, 0) is 37.4 Å². The Morgan fingerprint density at radius 1 is 1.23 bits per heavy atom. The minimum absolute atomic E-state index is 0.360. The number of carbonyl (C=O) groups excluding carboxylic acids is 1. The molecular formula is C15H24N4OS2. The van der Waals surface area contributed by atoms with E-state index in [0.29, 0.717) is 11.8 Å². The zero-order chi connectivity index (χ0) is 15.4. The molecule has 1 saturated carbocycles. The van der Waals surface area contributed by atoms with Crippen molar-refractivity contribution in [3.05, 3.63) is 9.46 Å². The van der Waals surface area contributed by atoms with Gasteiger partial charge in [0, 0.05) is 32.6 Å². The Hall–Kier alpha value is -0.790. The molecule has 22 heavy (non-hydrogen) atoms. The van der Waals surface area contributed by atoms with E-state index in [-0.39, 0.29) is 0 Å². The maximum Gasteiger partial charge on any atom is 0.222 e. The summed E-state index contributed by atoms with van der Waals surface area (Å²) in [6.45, 7) is 4.39. The number of rotatable bonds is 4. The lowest BCUT2D eigenvalue weighted by Crippen LogP contribution is -2.36. The predicted molar refractivity (Wildman–Crippen MR) is 90.3 cm³/mol. The van der Waals surface area contributed by atoms with E-state index >= 15 is 0 Å². The standard InChI is InChI=1S/C15H24N4OS2/c20-14(10-13-4-1-2-5-13)18-7-3-6-17(8-9-18)12-19-15(21)22-11-16-19/h11,13H,1-10,12H2. The van der Waals surface area contributed by atoms with Crippen molar-refractivity contribution in [2.45, 2.75) is 45.2 Å². The van der Waals surface area contributed by atoms with Crippen LogP contribution in [0.2, 0.25) is 0 Å². The van der Waals surface area contributed by atoms with Crippen LogP contribution in [0.5, 0.6) is 0 Å². The molecule has 1 aliphatic carbocycles. The molecule has 2 aliphatic rings. The third-order valence-corrected chi connectivity index (χ3v) is 5.88. The van der Waals surface area contributed by atoms with E-state index in [4.69, 9.17) is 12.2 Å². The summed E-state index contributed by atoms with van der Waals surface area (Å²) in [6.07, 6.45) is 6.90. The first-order valence-corrected chi connectivity index (χ1v) is 9.52. The van der Waals surface area contributed by atoms with Crippen LogP contribution in [-0.2, 0) is 11.5 Å². The van der Waals surface area contributed by atoms with E-state index < -0.39 is 0 Å². The zero-order valence-electron chi connectivity index (χ0n) is 12.9. The van der Waals surface area contributed by atoms with E-state index in [9.17, 15) is 4.79 Å². The minimum atomic E-state index is 0.360. The van der Waals surface area contributed by atoms with Gasteiger partial charge in [-0.3, -0.25) is 9.69 Å². The highest BCUT2D eigenvalue weighted by atomic mass is 32.1. The van der Waals surface area contributed by atoms with Gasteiger partial charge >= 0.3 is 0 Å². The Bertz CT molecular complexity index is 550. The summed E-state index contributed by atoms with van der Waals surface area (Å²) >= 11 is 6.76. The van der Waals surface area contributed by atoms with Crippen molar-refractivity contribution < 1.29 is 4.79 Å². The molecule has 1 aliphatic heterocycles. The van der Waals surface area contributed by atoms with Crippen molar-refractivity contribution in [1.82, 2.24) is 19.6 Å². The predicted octanol–water partition coefficient (Wildman–Crippen LogP) is 2.75. The van der Waals surface area contributed by atoms with Gasteiger partial charge in [0.2, 0.25) is 5.91 Å². The molecule has 0 spiro atoms. The summed E-state index contributed by atoms with van der Waals surface area (Å²) in [5.74, 6) is 0.999. The maximum absolute atomic E-state index is 12.5. The van der Waals surface area contributed by atoms with E-state index in [0.717, 1.165) is 49.6 Å². The second kappa shape index (κ2) is 7.66. The fourth-order valence-electron chi connectivity index (χ4n) is 3.47. The van der Waals surface area contributed by atoms with Crippen LogP contribution in [0.15, 0.2) is 5.51 Å². The first kappa shape index (κ1) is 16.1. The normalized spacial score (nSPS) is 21.2. The maximum atomic E-state index is 12.5. The first-order valence-electron chi connectivity index (χ1n) is 8.23. The van der Waals surface area contributed by atoms with Gasteiger partial charge in [-0.15, -0.1) is 0 Å². The Balaban J connectivity index is 1.49. The number of hydrogen-bond donors (Lipinski definition) is 0. The van der Waals surface area contributed by atoms with Crippen LogP contribution in [0.1, 0.15) is 38.5 Å². The summed E-state index contributed by atoms with van der Waals surface area (Å²) in [5, 5.41) is 4.27. The lowest BCUT2D eigenvalue weighted by atomic mass is 10.0. The molecule has 0 N–H and O–H groups in total. The number of hydrogen-bond acceptors (Lipinski definition) is 5. The Morgan fingerprint density at radius 3 is 2.77 bits per heavy atom. The summed E-state index contributed by atoms with van der Waals surface area (Å²) in [4.78, 5) is 16.9. The molecule has 0 atom stereocenters. The van der Waals surface area contributed by atoms with E-state index in [1.807, 2.05) is 4.68 Å². The van der Waals surface area contributed by atoms with Crippen LogP contribution in [-0.4, -0.2) is 51.7 Å². The second-order valence-corrected chi connectivity index (χ2v) is 7.83. The van der Waals surface area contributed by atoms with Crippen molar-refractivity contribution in [2.75, 3.05) is 26.2 Å². The van der Waals surface area contributed by atoms with Crippen molar-refractivity contribution in [3.63, 3.8) is 0 Å². The van der Waals surface area contributed by atoms with Crippen LogP contribution in [0.4, 0.5) is 0 Å². The smallest absolute Gasteiger partial charge is 0.222 e. The minimum Gasteiger partial charge on any atom is -0.341 e. The highest BCUT2D eigenvalue weighted by molar-refractivity contribution is 7.73. The molecule has 5 nitrogen and oxygen atoms in total. The monoisotopic (exact) mass is 340 g/mol. The molecule has 122 valence electrons. The summed E-state index contributed by atoms with van der Waals surface area (Å²) in [7, 11) is 0. The average molecular weight is 341 g/mol. The van der Waals surface area contributed by atoms with Crippen LogP contribution in [0, 0.1) is 9.87 Å². The molecule has 2 fully saturated rings. The van der Waals surface area contributed by atoms with Crippen molar-refractivity contribution in [2.24, 2.45) is 5.92 Å². The average Bonchev–Trinajstić information content (AvgIpc) is 3.08. The van der Waals surface area contributed by atoms with Gasteiger partial charge in [0.1, 0.15) is 5.51 Å².